The summed E-state index contributed by atoms with van der Waals surface area (Å²) in [6.45, 7) is 0.250. The second-order valence-corrected chi connectivity index (χ2v) is 11.1. The van der Waals surface area contributed by atoms with E-state index in [1.807, 2.05) is 16.8 Å². The van der Waals surface area contributed by atoms with Crippen molar-refractivity contribution in [1.29, 1.82) is 0 Å². The predicted octanol–water partition coefficient (Wildman–Crippen LogP) is 0.829. The Labute approximate surface area is 221 Å². The lowest BCUT2D eigenvalue weighted by molar-refractivity contribution is -0.687. The first-order valence-electron chi connectivity index (χ1n) is 10.7. The van der Waals surface area contributed by atoms with Crippen LogP contribution in [-0.2, 0) is 25.8 Å². The Morgan fingerprint density at radius 3 is 2.95 bits per heavy atom. The number of thiazole rings is 1. The first-order chi connectivity index (χ1) is 17.8. The van der Waals surface area contributed by atoms with Crippen LogP contribution in [0.15, 0.2) is 46.3 Å². The number of carbonyl (C=O) groups is 4. The summed E-state index contributed by atoms with van der Waals surface area (Å²) < 4.78 is 2.76. The van der Waals surface area contributed by atoms with Crippen LogP contribution in [0.25, 0.3) is 10.1 Å². The number of aromatic nitrogens is 2. The fraction of sp³-hybridized carbons (Fsp3) is 0.227. The van der Waals surface area contributed by atoms with Gasteiger partial charge in [-0.15, -0.1) is 34.4 Å². The number of pyridine rings is 1. The molecule has 2 aliphatic heterocycles. The zero-order valence-corrected chi connectivity index (χ0v) is 21.6. The number of hydrogen-bond acceptors (Lipinski definition) is 11. The molecule has 2 aliphatic rings. The van der Waals surface area contributed by atoms with Crippen LogP contribution in [-0.4, -0.2) is 69.1 Å². The van der Waals surface area contributed by atoms with Crippen LogP contribution in [0, 0.1) is 0 Å². The van der Waals surface area contributed by atoms with Gasteiger partial charge in [0.1, 0.15) is 29.9 Å². The van der Waals surface area contributed by atoms with Crippen molar-refractivity contribution in [3.63, 3.8) is 0 Å². The number of thiophene rings is 1. The number of anilines is 1. The Balaban J connectivity index is 1.36. The van der Waals surface area contributed by atoms with Crippen LogP contribution in [0.3, 0.4) is 0 Å². The second kappa shape index (κ2) is 9.91. The van der Waals surface area contributed by atoms with Crippen LogP contribution in [0.4, 0.5) is 5.13 Å². The number of nitrogens with two attached hydrogens (primary N) is 1. The predicted molar refractivity (Wildman–Crippen MR) is 137 cm³/mol. The molecule has 1 saturated heterocycles. The van der Waals surface area contributed by atoms with Crippen molar-refractivity contribution in [2.45, 2.75) is 18.0 Å². The van der Waals surface area contributed by atoms with Gasteiger partial charge in [0.2, 0.25) is 0 Å². The summed E-state index contributed by atoms with van der Waals surface area (Å²) in [5.41, 5.74) is 6.17. The average molecular weight is 560 g/mol. The minimum atomic E-state index is -1.22. The molecule has 12 nitrogen and oxygen atoms in total. The van der Waals surface area contributed by atoms with Crippen molar-refractivity contribution in [3.8, 4) is 0 Å². The molecule has 0 bridgehead atoms. The van der Waals surface area contributed by atoms with Crippen LogP contribution in [0.5, 0.6) is 0 Å². The summed E-state index contributed by atoms with van der Waals surface area (Å²) in [7, 11) is 1.27. The van der Waals surface area contributed by atoms with E-state index in [0.29, 0.717) is 16.2 Å². The molecule has 190 valence electrons. The molecule has 0 saturated carbocycles. The number of hydrogen-bond donors (Lipinski definition) is 3. The lowest BCUT2D eigenvalue weighted by Crippen LogP contribution is -2.71. The lowest BCUT2D eigenvalue weighted by atomic mass is 10.0. The molecule has 2 atom stereocenters. The van der Waals surface area contributed by atoms with Crippen molar-refractivity contribution < 1.29 is 33.7 Å². The minimum Gasteiger partial charge on any atom is -0.477 e. The Kier molecular flexibility index (Phi) is 6.66. The van der Waals surface area contributed by atoms with E-state index >= 15 is 0 Å². The van der Waals surface area contributed by atoms with Crippen molar-refractivity contribution in [2.75, 3.05) is 18.6 Å². The van der Waals surface area contributed by atoms with Gasteiger partial charge in [-0.3, -0.25) is 19.3 Å². The third kappa shape index (κ3) is 4.56. The molecule has 37 heavy (non-hydrogen) atoms. The number of nitrogens with one attached hydrogen (secondary N) is 1. The topological polar surface area (TPSA) is 168 Å². The van der Waals surface area contributed by atoms with Crippen LogP contribution in [0.2, 0.25) is 0 Å². The molecule has 5 rings (SSSR count). The Hall–Kier alpha value is -3.82. The van der Waals surface area contributed by atoms with Gasteiger partial charge in [0, 0.05) is 27.5 Å². The third-order valence-electron chi connectivity index (χ3n) is 5.72. The molecule has 15 heteroatoms. The molecule has 2 amide bonds. The van der Waals surface area contributed by atoms with Crippen LogP contribution >= 0.6 is 34.4 Å². The number of aldehydes is 1. The molecule has 0 radical (unpaired) electrons. The molecule has 0 aromatic carbocycles. The number of amides is 2. The Morgan fingerprint density at radius 2 is 2.27 bits per heavy atom. The SMILES string of the molecule is CO/N=C(\C(=O)NC1C(=O)N2C(C(=O)O)=C(C[n+]3ccc4sc(C=O)cc4c3)CS[C@H]12)c1csc(N)n1. The number of thioether (sulfide) groups is 1. The smallest absolute Gasteiger partial charge is 0.352 e. The van der Waals surface area contributed by atoms with Gasteiger partial charge < -0.3 is 21.0 Å². The molecule has 5 heterocycles. The molecular formula is C22H19N6O6S3+. The standard InChI is InChI=1S/C22H18N6O6S3/c1-34-26-15(13-9-36-22(23)24-13)18(30)25-16-19(31)28-17(21(32)33)11(8-35-20(16)28)6-27-3-2-14-10(5-27)4-12(7-29)37-14/h2-5,7,9,16,20H,6,8H2,1H3,(H3-,23,24,25,30,32,33)/p+1/b26-15-/t16?,20-/m1/s1. The van der Waals surface area contributed by atoms with Gasteiger partial charge >= 0.3 is 5.97 Å². The number of carboxylic acids is 1. The highest BCUT2D eigenvalue weighted by Crippen LogP contribution is 2.40. The van der Waals surface area contributed by atoms with E-state index in [1.54, 1.807) is 17.6 Å². The Morgan fingerprint density at radius 1 is 1.46 bits per heavy atom. The second-order valence-electron chi connectivity index (χ2n) is 8.02. The summed E-state index contributed by atoms with van der Waals surface area (Å²) >= 11 is 3.85. The molecule has 0 spiro atoms. The first-order valence-corrected chi connectivity index (χ1v) is 13.5. The highest BCUT2D eigenvalue weighted by molar-refractivity contribution is 8.00. The quantitative estimate of drug-likeness (QED) is 0.119. The highest BCUT2D eigenvalue weighted by Gasteiger charge is 2.54. The van der Waals surface area contributed by atoms with Gasteiger partial charge in [0.15, 0.2) is 36.1 Å². The van der Waals surface area contributed by atoms with Gasteiger partial charge in [0.25, 0.3) is 11.8 Å². The molecule has 1 unspecified atom stereocenters. The van der Waals surface area contributed by atoms with Crippen LogP contribution < -0.4 is 15.6 Å². The number of nitrogen functional groups attached to an aromatic ring is 1. The van der Waals surface area contributed by atoms with Crippen molar-refractivity contribution in [1.82, 2.24) is 15.2 Å². The van der Waals surface area contributed by atoms with Gasteiger partial charge in [-0.05, 0) is 6.07 Å². The lowest BCUT2D eigenvalue weighted by Gasteiger charge is -2.49. The summed E-state index contributed by atoms with van der Waals surface area (Å²) in [5.74, 6) is -2.10. The fourth-order valence-corrected chi connectivity index (χ4v) is 6.87. The Bertz CT molecular complexity index is 1510. The normalized spacial score (nSPS) is 19.4. The van der Waals surface area contributed by atoms with Gasteiger partial charge in [-0.2, -0.15) is 0 Å². The number of aliphatic carboxylic acids is 1. The van der Waals surface area contributed by atoms with E-state index in [2.05, 4.69) is 15.5 Å². The van der Waals surface area contributed by atoms with E-state index < -0.39 is 29.2 Å². The maximum Gasteiger partial charge on any atom is 0.352 e. The fourth-order valence-electron chi connectivity index (χ4n) is 4.14. The van der Waals surface area contributed by atoms with Crippen molar-refractivity contribution in [3.05, 3.63) is 51.7 Å². The zero-order chi connectivity index (χ0) is 26.3. The van der Waals surface area contributed by atoms with E-state index in [9.17, 15) is 24.3 Å². The molecule has 4 N–H and O–H groups in total. The van der Waals surface area contributed by atoms with Crippen molar-refractivity contribution in [2.24, 2.45) is 5.16 Å². The molecule has 0 aliphatic carbocycles. The largest absolute Gasteiger partial charge is 0.477 e. The monoisotopic (exact) mass is 559 g/mol. The number of β-lactam (4-membered cyclic amide) rings is 1. The summed E-state index contributed by atoms with van der Waals surface area (Å²) in [6.07, 6.45) is 4.43. The number of nitrogens with zero attached hydrogens (tertiary/aromatic N) is 4. The van der Waals surface area contributed by atoms with Gasteiger partial charge in [-0.1, -0.05) is 5.16 Å². The number of carboxylic acid groups (broad SMARTS) is 1. The van der Waals surface area contributed by atoms with Crippen molar-refractivity contribution >= 4 is 79.4 Å². The minimum absolute atomic E-state index is 0.0937. The van der Waals surface area contributed by atoms with Gasteiger partial charge in [-0.25, -0.2) is 14.3 Å². The molecule has 3 aromatic rings. The average Bonchev–Trinajstić information content (AvgIpc) is 3.50. The van der Waals surface area contributed by atoms with Gasteiger partial charge in [0.05, 0.1) is 10.3 Å². The maximum absolute atomic E-state index is 13.0. The number of oxime groups is 1. The third-order valence-corrected chi connectivity index (χ3v) is 8.78. The molecule has 1 fully saturated rings. The summed E-state index contributed by atoms with van der Waals surface area (Å²) in [5, 5.41) is 18.4. The van der Waals surface area contributed by atoms with Crippen LogP contribution in [0.1, 0.15) is 15.4 Å². The maximum atomic E-state index is 13.0. The van der Waals surface area contributed by atoms with E-state index in [1.165, 1.54) is 35.1 Å². The number of fused-ring (bicyclic) bond motifs is 2. The first kappa shape index (κ1) is 24.9. The van der Waals surface area contributed by atoms with E-state index in [4.69, 9.17) is 10.6 Å². The van der Waals surface area contributed by atoms with E-state index in [-0.39, 0.29) is 28.8 Å². The van der Waals surface area contributed by atoms with E-state index in [0.717, 1.165) is 27.7 Å². The molecule has 3 aromatic heterocycles. The molecular weight excluding hydrogens is 540 g/mol. The zero-order valence-electron chi connectivity index (χ0n) is 19.1. The number of rotatable bonds is 8. The summed E-state index contributed by atoms with van der Waals surface area (Å²) in [6, 6.07) is 2.69. The highest BCUT2D eigenvalue weighted by atomic mass is 32.2. The summed E-state index contributed by atoms with van der Waals surface area (Å²) in [4.78, 5) is 59.8. The number of carbonyl (C=O) groups excluding carboxylic acids is 3.